The van der Waals surface area contributed by atoms with Crippen LogP contribution in [0.3, 0.4) is 0 Å². The molecule has 4 heterocycles. The van der Waals surface area contributed by atoms with E-state index in [2.05, 4.69) is 10.3 Å². The fourth-order valence-corrected chi connectivity index (χ4v) is 5.08. The third-order valence-electron chi connectivity index (χ3n) is 5.04. The van der Waals surface area contributed by atoms with Crippen LogP contribution in [0.1, 0.15) is 28.1 Å². The molecule has 2 aliphatic rings. The molecule has 2 aliphatic heterocycles. The number of thiophene rings is 1. The minimum atomic E-state index is -0.532. The molecule has 4 amide bonds. The SMILES string of the molecule is O=C(NCCN1C(=O)SC(=Cc2cccnc2)C1=O)[C@@H]1CCCN1C(=O)c1cccs1. The highest BCUT2D eigenvalue weighted by molar-refractivity contribution is 8.18. The minimum Gasteiger partial charge on any atom is -0.353 e. The summed E-state index contributed by atoms with van der Waals surface area (Å²) in [6, 6.07) is 6.57. The monoisotopic (exact) mass is 456 g/mol. The highest BCUT2D eigenvalue weighted by atomic mass is 32.2. The van der Waals surface area contributed by atoms with E-state index in [0.717, 1.165) is 28.6 Å². The van der Waals surface area contributed by atoms with E-state index in [0.29, 0.717) is 22.7 Å². The maximum absolute atomic E-state index is 12.7. The van der Waals surface area contributed by atoms with E-state index in [4.69, 9.17) is 0 Å². The zero-order chi connectivity index (χ0) is 21.8. The van der Waals surface area contributed by atoms with Crippen LogP contribution in [0, 0.1) is 0 Å². The number of hydrogen-bond acceptors (Lipinski definition) is 7. The van der Waals surface area contributed by atoms with Crippen molar-refractivity contribution in [3.05, 3.63) is 57.4 Å². The first kappa shape index (κ1) is 21.3. The number of carbonyl (C=O) groups is 4. The van der Waals surface area contributed by atoms with Crippen LogP contribution in [0.25, 0.3) is 6.08 Å². The van der Waals surface area contributed by atoms with Crippen molar-refractivity contribution in [3.63, 3.8) is 0 Å². The van der Waals surface area contributed by atoms with Crippen LogP contribution in [-0.4, -0.2) is 63.4 Å². The van der Waals surface area contributed by atoms with Crippen LogP contribution >= 0.6 is 23.1 Å². The Kier molecular flexibility index (Phi) is 6.47. The quantitative estimate of drug-likeness (QED) is 0.671. The second kappa shape index (κ2) is 9.44. The zero-order valence-corrected chi connectivity index (χ0v) is 18.2. The van der Waals surface area contributed by atoms with Crippen LogP contribution in [-0.2, 0) is 9.59 Å². The normalized spacial score (nSPS) is 20.0. The molecule has 0 spiro atoms. The molecule has 0 bridgehead atoms. The summed E-state index contributed by atoms with van der Waals surface area (Å²) in [5.74, 6) is -0.789. The molecule has 0 unspecified atom stereocenters. The van der Waals surface area contributed by atoms with Gasteiger partial charge in [-0.3, -0.25) is 29.1 Å². The molecule has 8 nitrogen and oxygen atoms in total. The number of nitrogens with one attached hydrogen (secondary N) is 1. The average molecular weight is 457 g/mol. The summed E-state index contributed by atoms with van der Waals surface area (Å²) in [6.45, 7) is 0.748. The lowest BCUT2D eigenvalue weighted by Gasteiger charge is -2.23. The van der Waals surface area contributed by atoms with Crippen molar-refractivity contribution in [3.8, 4) is 0 Å². The van der Waals surface area contributed by atoms with Gasteiger partial charge in [0.2, 0.25) is 5.91 Å². The third-order valence-corrected chi connectivity index (χ3v) is 6.80. The van der Waals surface area contributed by atoms with Gasteiger partial charge in [-0.15, -0.1) is 11.3 Å². The van der Waals surface area contributed by atoms with Gasteiger partial charge in [0.1, 0.15) is 6.04 Å². The molecule has 2 aromatic rings. The number of amides is 4. The van der Waals surface area contributed by atoms with Crippen molar-refractivity contribution in [2.24, 2.45) is 0 Å². The van der Waals surface area contributed by atoms with Crippen molar-refractivity contribution in [1.82, 2.24) is 20.1 Å². The van der Waals surface area contributed by atoms with E-state index in [1.807, 2.05) is 11.4 Å². The summed E-state index contributed by atoms with van der Waals surface area (Å²) in [5.41, 5.74) is 0.734. The van der Waals surface area contributed by atoms with Crippen LogP contribution in [0.4, 0.5) is 4.79 Å². The van der Waals surface area contributed by atoms with Gasteiger partial charge in [0.05, 0.1) is 9.78 Å². The number of imide groups is 1. The Morgan fingerprint density at radius 2 is 2.13 bits per heavy atom. The van der Waals surface area contributed by atoms with Gasteiger partial charge in [-0.25, -0.2) is 0 Å². The Morgan fingerprint density at radius 1 is 1.26 bits per heavy atom. The Balaban J connectivity index is 1.32. The molecule has 0 radical (unpaired) electrons. The summed E-state index contributed by atoms with van der Waals surface area (Å²) < 4.78 is 0. The topological polar surface area (TPSA) is 99.7 Å². The van der Waals surface area contributed by atoms with Crippen molar-refractivity contribution < 1.29 is 19.2 Å². The van der Waals surface area contributed by atoms with Crippen LogP contribution < -0.4 is 5.32 Å². The molecule has 0 aromatic carbocycles. The number of hydrogen-bond donors (Lipinski definition) is 1. The first-order chi connectivity index (χ1) is 15.0. The molecule has 160 valence electrons. The van der Waals surface area contributed by atoms with Gasteiger partial charge in [-0.1, -0.05) is 12.1 Å². The van der Waals surface area contributed by atoms with Crippen LogP contribution in [0.2, 0.25) is 0 Å². The molecule has 2 aromatic heterocycles. The van der Waals surface area contributed by atoms with Crippen molar-refractivity contribution >= 4 is 52.1 Å². The summed E-state index contributed by atoms with van der Waals surface area (Å²) in [6.07, 6.45) is 6.23. The first-order valence-corrected chi connectivity index (χ1v) is 11.5. The lowest BCUT2D eigenvalue weighted by atomic mass is 10.2. The maximum atomic E-state index is 12.7. The molecular formula is C21H20N4O4S2. The van der Waals surface area contributed by atoms with Gasteiger partial charge in [0, 0.05) is 32.0 Å². The predicted molar refractivity (Wildman–Crippen MR) is 118 cm³/mol. The number of thioether (sulfide) groups is 1. The molecule has 0 saturated carbocycles. The van der Waals surface area contributed by atoms with E-state index in [1.54, 1.807) is 41.6 Å². The number of carbonyl (C=O) groups excluding carboxylic acids is 4. The standard InChI is InChI=1S/C21H20N4O4S2/c26-18(15-5-2-9-24(15)19(27)16-6-3-11-30-16)23-8-10-25-20(28)17(31-21(25)29)12-14-4-1-7-22-13-14/h1,3-4,6-7,11-13,15H,2,5,8-10H2,(H,23,26)/t15-/m0/s1. The van der Waals surface area contributed by atoms with E-state index in [1.165, 1.54) is 11.3 Å². The maximum Gasteiger partial charge on any atom is 0.293 e. The van der Waals surface area contributed by atoms with E-state index >= 15 is 0 Å². The molecule has 4 rings (SSSR count). The Hall–Kier alpha value is -2.98. The second-order valence-electron chi connectivity index (χ2n) is 7.04. The Labute approximate surface area is 187 Å². The predicted octanol–water partition coefficient (Wildman–Crippen LogP) is 2.60. The fraction of sp³-hybridized carbons (Fsp3) is 0.286. The summed E-state index contributed by atoms with van der Waals surface area (Å²) in [4.78, 5) is 57.7. The molecule has 1 atom stereocenters. The van der Waals surface area contributed by atoms with Crippen molar-refractivity contribution in [2.75, 3.05) is 19.6 Å². The van der Waals surface area contributed by atoms with Crippen LogP contribution in [0.5, 0.6) is 0 Å². The number of aromatic nitrogens is 1. The van der Waals surface area contributed by atoms with Crippen molar-refractivity contribution in [2.45, 2.75) is 18.9 Å². The number of likely N-dealkylation sites (tertiary alicyclic amines) is 1. The Morgan fingerprint density at radius 3 is 2.87 bits per heavy atom. The largest absolute Gasteiger partial charge is 0.353 e. The van der Waals surface area contributed by atoms with Gasteiger partial charge in [0.15, 0.2) is 0 Å². The smallest absolute Gasteiger partial charge is 0.293 e. The number of pyridine rings is 1. The molecule has 10 heteroatoms. The van der Waals surface area contributed by atoms with Gasteiger partial charge in [-0.05, 0) is 53.8 Å². The highest BCUT2D eigenvalue weighted by Crippen LogP contribution is 2.31. The lowest BCUT2D eigenvalue weighted by Crippen LogP contribution is -2.47. The van der Waals surface area contributed by atoms with Gasteiger partial charge in [0.25, 0.3) is 17.1 Å². The second-order valence-corrected chi connectivity index (χ2v) is 8.99. The molecule has 2 saturated heterocycles. The minimum absolute atomic E-state index is 0.0758. The Bertz CT molecular complexity index is 1020. The van der Waals surface area contributed by atoms with Gasteiger partial charge in [-0.2, -0.15) is 0 Å². The average Bonchev–Trinajstić information content (AvgIpc) is 3.52. The summed E-state index contributed by atoms with van der Waals surface area (Å²) in [7, 11) is 0. The van der Waals surface area contributed by atoms with E-state index in [-0.39, 0.29) is 36.1 Å². The van der Waals surface area contributed by atoms with Crippen LogP contribution in [0.15, 0.2) is 46.9 Å². The van der Waals surface area contributed by atoms with Gasteiger partial charge >= 0.3 is 0 Å². The summed E-state index contributed by atoms with van der Waals surface area (Å²) in [5, 5.41) is 4.23. The third kappa shape index (κ3) is 4.70. The molecule has 1 N–H and O–H groups in total. The summed E-state index contributed by atoms with van der Waals surface area (Å²) >= 11 is 2.22. The van der Waals surface area contributed by atoms with E-state index < -0.39 is 6.04 Å². The fourth-order valence-electron chi connectivity index (χ4n) is 3.54. The van der Waals surface area contributed by atoms with E-state index in [9.17, 15) is 19.2 Å². The molecular weight excluding hydrogens is 436 g/mol. The molecule has 31 heavy (non-hydrogen) atoms. The lowest BCUT2D eigenvalue weighted by molar-refractivity contribution is -0.126. The number of nitrogens with zero attached hydrogens (tertiary/aromatic N) is 3. The van der Waals surface area contributed by atoms with Gasteiger partial charge < -0.3 is 10.2 Å². The molecule has 0 aliphatic carbocycles. The zero-order valence-electron chi connectivity index (χ0n) is 16.5. The van der Waals surface area contributed by atoms with Crippen molar-refractivity contribution in [1.29, 1.82) is 0 Å². The molecule has 2 fully saturated rings. The number of rotatable bonds is 6. The highest BCUT2D eigenvalue weighted by Gasteiger charge is 2.36. The first-order valence-electron chi connectivity index (χ1n) is 9.82.